The number of benzene rings is 1. The maximum Gasteiger partial charge on any atom is 0.188 e. The van der Waals surface area contributed by atoms with E-state index in [0.29, 0.717) is 29.7 Å². The second-order valence-electron chi connectivity index (χ2n) is 6.19. The molecule has 0 aliphatic heterocycles. The summed E-state index contributed by atoms with van der Waals surface area (Å²) in [4.78, 5) is 5.16. The van der Waals surface area contributed by atoms with Crippen LogP contribution in [0.4, 0.5) is 4.39 Å². The molecule has 0 saturated carbocycles. The molecule has 0 N–H and O–H groups in total. The van der Waals surface area contributed by atoms with Crippen molar-refractivity contribution in [3.8, 4) is 11.5 Å². The van der Waals surface area contributed by atoms with Crippen LogP contribution in [0.15, 0.2) is 28.7 Å². The second kappa shape index (κ2) is 13.7. The highest BCUT2D eigenvalue weighted by Crippen LogP contribution is 2.34. The summed E-state index contributed by atoms with van der Waals surface area (Å²) in [6.07, 6.45) is 5.92. The van der Waals surface area contributed by atoms with Gasteiger partial charge < -0.3 is 14.3 Å². The smallest absolute Gasteiger partial charge is 0.188 e. The zero-order valence-electron chi connectivity index (χ0n) is 16.2. The van der Waals surface area contributed by atoms with Gasteiger partial charge in [-0.2, -0.15) is 4.39 Å². The van der Waals surface area contributed by atoms with Crippen LogP contribution in [0.5, 0.6) is 11.5 Å². The summed E-state index contributed by atoms with van der Waals surface area (Å²) in [7, 11) is 0. The molecule has 0 unspecified atom stereocenters. The van der Waals surface area contributed by atoms with Gasteiger partial charge in [-0.25, -0.2) is 0 Å². The van der Waals surface area contributed by atoms with Crippen molar-refractivity contribution in [2.24, 2.45) is 5.16 Å². The van der Waals surface area contributed by atoms with Crippen molar-refractivity contribution < 1.29 is 18.7 Å². The topological polar surface area (TPSA) is 40.0 Å². The molecule has 0 fully saturated rings. The van der Waals surface area contributed by atoms with Crippen LogP contribution in [0.2, 0.25) is 5.02 Å². The lowest BCUT2D eigenvalue weighted by atomic mass is 10.1. The van der Waals surface area contributed by atoms with Crippen LogP contribution in [0.25, 0.3) is 0 Å². The van der Waals surface area contributed by atoms with Crippen molar-refractivity contribution in [2.75, 3.05) is 19.8 Å². The molecule has 0 aliphatic rings. The number of oxime groups is 1. The monoisotopic (exact) mass is 419 g/mol. The molecule has 1 aromatic carbocycles. The molecule has 27 heavy (non-hydrogen) atoms. The van der Waals surface area contributed by atoms with Crippen LogP contribution in [0.1, 0.15) is 52.0 Å². The second-order valence-corrected chi connectivity index (χ2v) is 6.95. The summed E-state index contributed by atoms with van der Waals surface area (Å²) < 4.78 is 23.8. The van der Waals surface area contributed by atoms with E-state index in [4.69, 9.17) is 37.5 Å². The molecular weight excluding hydrogens is 392 g/mol. The van der Waals surface area contributed by atoms with Gasteiger partial charge in [0.15, 0.2) is 5.29 Å². The Morgan fingerprint density at radius 3 is 2.44 bits per heavy atom. The van der Waals surface area contributed by atoms with Crippen LogP contribution in [-0.2, 0) is 11.3 Å². The number of hydrogen-bond donors (Lipinski definition) is 0. The minimum absolute atomic E-state index is 0.0435. The van der Waals surface area contributed by atoms with E-state index in [1.807, 2.05) is 26.8 Å². The third-order valence-corrected chi connectivity index (χ3v) is 4.02. The van der Waals surface area contributed by atoms with E-state index in [1.54, 1.807) is 6.07 Å². The summed E-state index contributed by atoms with van der Waals surface area (Å²) in [5.74, 6) is 1.24. The maximum absolute atomic E-state index is 12.5. The maximum atomic E-state index is 12.5. The van der Waals surface area contributed by atoms with E-state index < -0.39 is 5.29 Å². The van der Waals surface area contributed by atoms with Crippen molar-refractivity contribution in [3.63, 3.8) is 0 Å². The van der Waals surface area contributed by atoms with Gasteiger partial charge in [-0.3, -0.25) is 0 Å². The molecule has 1 rings (SSSR count). The summed E-state index contributed by atoms with van der Waals surface area (Å²) in [6, 6.07) is 3.53. The van der Waals surface area contributed by atoms with Crippen molar-refractivity contribution >= 4 is 28.9 Å². The third-order valence-electron chi connectivity index (χ3n) is 3.59. The number of ether oxygens (including phenoxy) is 2. The Balaban J connectivity index is 2.39. The molecule has 0 saturated heterocycles. The zero-order chi connectivity index (χ0) is 20.1. The molecule has 152 valence electrons. The molecule has 0 heterocycles. The lowest BCUT2D eigenvalue weighted by molar-refractivity contribution is 0.139. The Morgan fingerprint density at radius 1 is 1.11 bits per heavy atom. The Labute approximate surface area is 171 Å². The molecule has 0 aromatic heterocycles. The number of hydrogen-bond acceptors (Lipinski definition) is 4. The minimum Gasteiger partial charge on any atom is -0.492 e. The number of aryl methyl sites for hydroxylation is 1. The van der Waals surface area contributed by atoms with E-state index in [9.17, 15) is 4.39 Å². The van der Waals surface area contributed by atoms with Gasteiger partial charge in [0.25, 0.3) is 0 Å². The predicted octanol–water partition coefficient (Wildman–Crippen LogP) is 6.68. The lowest BCUT2D eigenvalue weighted by Gasteiger charge is -2.14. The fourth-order valence-corrected chi connectivity index (χ4v) is 2.65. The highest BCUT2D eigenvalue weighted by Gasteiger charge is 2.11. The van der Waals surface area contributed by atoms with E-state index >= 15 is 0 Å². The largest absolute Gasteiger partial charge is 0.492 e. The average molecular weight is 420 g/mol. The standard InChI is InChI=1S/C20H28Cl2FNO3/c1-4-16-13-17(25-12-9-19(22)23)14-18(21)20(16)26-10-7-5-6-8-11-27-24-15(2)3/h9,13-14H,4-8,10-12H2,1-3H3/b19-9-. The first-order valence-corrected chi connectivity index (χ1v) is 9.92. The average Bonchev–Trinajstić information content (AvgIpc) is 2.60. The molecule has 0 bridgehead atoms. The first-order chi connectivity index (χ1) is 12.9. The van der Waals surface area contributed by atoms with Gasteiger partial charge in [0.1, 0.15) is 24.7 Å². The van der Waals surface area contributed by atoms with Gasteiger partial charge in [0.05, 0.1) is 17.3 Å². The van der Waals surface area contributed by atoms with Crippen molar-refractivity contribution in [1.82, 2.24) is 0 Å². The Morgan fingerprint density at radius 2 is 1.81 bits per heavy atom. The molecule has 0 spiro atoms. The van der Waals surface area contributed by atoms with Gasteiger partial charge in [0, 0.05) is 12.1 Å². The van der Waals surface area contributed by atoms with Crippen LogP contribution in [-0.4, -0.2) is 25.5 Å². The quantitative estimate of drug-likeness (QED) is 0.203. The van der Waals surface area contributed by atoms with E-state index in [-0.39, 0.29) is 6.61 Å². The third kappa shape index (κ3) is 10.5. The van der Waals surface area contributed by atoms with E-state index in [2.05, 4.69) is 5.16 Å². The van der Waals surface area contributed by atoms with Gasteiger partial charge in [-0.1, -0.05) is 35.3 Å². The van der Waals surface area contributed by atoms with Crippen molar-refractivity contribution in [3.05, 3.63) is 34.1 Å². The molecule has 0 aliphatic carbocycles. The first-order valence-electron chi connectivity index (χ1n) is 9.16. The Bertz CT molecular complexity index is 628. The van der Waals surface area contributed by atoms with Crippen LogP contribution >= 0.6 is 23.2 Å². The number of halogens is 3. The summed E-state index contributed by atoms with van der Waals surface area (Å²) >= 11 is 11.5. The molecule has 0 radical (unpaired) electrons. The predicted molar refractivity (Wildman–Crippen MR) is 110 cm³/mol. The van der Waals surface area contributed by atoms with Gasteiger partial charge >= 0.3 is 0 Å². The summed E-state index contributed by atoms with van der Waals surface area (Å²) in [5.41, 5.74) is 1.88. The molecule has 1 aromatic rings. The lowest BCUT2D eigenvalue weighted by Crippen LogP contribution is -2.02. The highest BCUT2D eigenvalue weighted by molar-refractivity contribution is 6.32. The molecule has 0 atom stereocenters. The highest BCUT2D eigenvalue weighted by atomic mass is 35.5. The number of unbranched alkanes of at least 4 members (excludes halogenated alkanes) is 3. The number of nitrogens with zero attached hydrogens (tertiary/aromatic N) is 1. The van der Waals surface area contributed by atoms with Crippen LogP contribution < -0.4 is 9.47 Å². The molecule has 0 amide bonds. The SMILES string of the molecule is CCc1cc(OC/C=C(\F)Cl)cc(Cl)c1OCCCCCCON=C(C)C. The van der Waals surface area contributed by atoms with E-state index in [1.165, 1.54) is 0 Å². The molecular formula is C20H28Cl2FNO3. The summed E-state index contributed by atoms with van der Waals surface area (Å²) in [6.45, 7) is 7.11. The normalized spacial score (nSPS) is 11.3. The molecule has 7 heteroatoms. The Hall–Kier alpha value is -1.46. The van der Waals surface area contributed by atoms with Gasteiger partial charge in [-0.05, 0) is 57.6 Å². The van der Waals surface area contributed by atoms with Crippen LogP contribution in [0.3, 0.4) is 0 Å². The van der Waals surface area contributed by atoms with E-state index in [0.717, 1.165) is 49.5 Å². The fourth-order valence-electron chi connectivity index (χ4n) is 2.30. The molecule has 4 nitrogen and oxygen atoms in total. The fraction of sp³-hybridized carbons (Fsp3) is 0.550. The van der Waals surface area contributed by atoms with Gasteiger partial charge in [-0.15, -0.1) is 0 Å². The summed E-state index contributed by atoms with van der Waals surface area (Å²) in [5, 5.41) is 3.59. The first kappa shape index (κ1) is 23.6. The zero-order valence-corrected chi connectivity index (χ0v) is 17.7. The minimum atomic E-state index is -0.795. The Kier molecular flexibility index (Phi) is 11.9. The van der Waals surface area contributed by atoms with Crippen molar-refractivity contribution in [2.45, 2.75) is 52.9 Å². The number of rotatable bonds is 13. The van der Waals surface area contributed by atoms with Crippen LogP contribution in [0, 0.1) is 0 Å². The van der Waals surface area contributed by atoms with Gasteiger partial charge in [0.2, 0.25) is 0 Å². The van der Waals surface area contributed by atoms with Crippen molar-refractivity contribution in [1.29, 1.82) is 0 Å².